The lowest BCUT2D eigenvalue weighted by Gasteiger charge is -2.33. The molecule has 3 rings (SSSR count). The van der Waals surface area contributed by atoms with Crippen molar-refractivity contribution in [3.8, 4) is 0 Å². The number of aryl methyl sites for hydroxylation is 1. The van der Waals surface area contributed by atoms with E-state index < -0.39 is 0 Å². The lowest BCUT2D eigenvalue weighted by molar-refractivity contribution is -0.131. The highest BCUT2D eigenvalue weighted by Gasteiger charge is 2.25. The lowest BCUT2D eigenvalue weighted by Crippen LogP contribution is -2.40. The lowest BCUT2D eigenvalue weighted by atomic mass is 9.88. The Kier molecular flexibility index (Phi) is 5.14. The number of carbonyl (C=O) groups excluding carboxylic acids is 2. The Hall–Kier alpha value is -1.94. The molecule has 0 radical (unpaired) electrons. The van der Waals surface area contributed by atoms with Gasteiger partial charge < -0.3 is 4.90 Å². The number of nitrogens with zero attached hydrogens (tertiary/aromatic N) is 1. The molecule has 1 aliphatic rings. The largest absolute Gasteiger partial charge is 0.342 e. The summed E-state index contributed by atoms with van der Waals surface area (Å²) in [5.41, 5.74) is 3.62. The fraction of sp³-hybridized carbons (Fsp3) is 0.400. The summed E-state index contributed by atoms with van der Waals surface area (Å²) in [6, 6.07) is 10.3. The van der Waals surface area contributed by atoms with Gasteiger partial charge in [-0.2, -0.15) is 0 Å². The van der Waals surface area contributed by atoms with Gasteiger partial charge in [-0.25, -0.2) is 0 Å². The van der Waals surface area contributed by atoms with E-state index >= 15 is 0 Å². The van der Waals surface area contributed by atoms with Gasteiger partial charge in [0, 0.05) is 19.0 Å². The van der Waals surface area contributed by atoms with Crippen LogP contribution in [0.4, 0.5) is 0 Å². The summed E-state index contributed by atoms with van der Waals surface area (Å²) < 4.78 is 0. The van der Waals surface area contributed by atoms with E-state index in [1.807, 2.05) is 16.3 Å². The van der Waals surface area contributed by atoms with Crippen LogP contribution in [-0.4, -0.2) is 29.7 Å². The van der Waals surface area contributed by atoms with Gasteiger partial charge in [0.15, 0.2) is 5.78 Å². The van der Waals surface area contributed by atoms with Crippen LogP contribution in [0.5, 0.6) is 0 Å². The van der Waals surface area contributed by atoms with E-state index in [1.54, 1.807) is 6.92 Å². The van der Waals surface area contributed by atoms with Gasteiger partial charge in [-0.3, -0.25) is 9.59 Å². The Morgan fingerprint density at radius 3 is 2.79 bits per heavy atom. The second-order valence-electron chi connectivity index (χ2n) is 6.59. The summed E-state index contributed by atoms with van der Waals surface area (Å²) >= 11 is 1.43. The molecule has 0 saturated carbocycles. The van der Waals surface area contributed by atoms with Crippen molar-refractivity contribution >= 4 is 23.0 Å². The van der Waals surface area contributed by atoms with Crippen LogP contribution in [0, 0.1) is 6.92 Å². The van der Waals surface area contributed by atoms with Gasteiger partial charge in [0.25, 0.3) is 0 Å². The molecule has 1 aromatic heterocycles. The third-order valence-corrected chi connectivity index (χ3v) is 5.84. The molecule has 1 amide bonds. The molecular weight excluding hydrogens is 318 g/mol. The maximum atomic E-state index is 12.7. The summed E-state index contributed by atoms with van der Waals surface area (Å²) in [4.78, 5) is 26.8. The number of hydrogen-bond acceptors (Lipinski definition) is 3. The molecule has 0 unspecified atom stereocenters. The zero-order valence-electron chi connectivity index (χ0n) is 14.2. The number of benzene rings is 1. The van der Waals surface area contributed by atoms with Gasteiger partial charge >= 0.3 is 0 Å². The molecule has 1 aromatic carbocycles. The summed E-state index contributed by atoms with van der Waals surface area (Å²) in [5.74, 6) is 0.664. The first-order chi connectivity index (χ1) is 11.5. The summed E-state index contributed by atoms with van der Waals surface area (Å²) in [7, 11) is 0. The molecule has 0 bridgehead atoms. The first kappa shape index (κ1) is 16.9. The van der Waals surface area contributed by atoms with Gasteiger partial charge in [-0.15, -0.1) is 11.3 Å². The summed E-state index contributed by atoms with van der Waals surface area (Å²) in [6.07, 6.45) is 2.58. The van der Waals surface area contributed by atoms with Crippen molar-refractivity contribution in [2.45, 2.75) is 39.0 Å². The highest BCUT2D eigenvalue weighted by atomic mass is 32.1. The maximum Gasteiger partial charge on any atom is 0.227 e. The molecule has 2 heterocycles. The van der Waals surface area contributed by atoms with Crippen LogP contribution in [0.15, 0.2) is 35.7 Å². The predicted octanol–water partition coefficient (Wildman–Crippen LogP) is 4.21. The van der Waals surface area contributed by atoms with Gasteiger partial charge in [0.2, 0.25) is 5.91 Å². The van der Waals surface area contributed by atoms with Crippen molar-refractivity contribution in [1.29, 1.82) is 0 Å². The van der Waals surface area contributed by atoms with E-state index in [9.17, 15) is 9.59 Å². The number of carbonyl (C=O) groups is 2. The molecule has 4 heteroatoms. The normalized spacial score (nSPS) is 17.8. The standard InChI is InChI=1S/C20H23NO2S/c1-14-6-3-4-8-18(14)17-7-5-9-21(12-17)20(23)11-16-10-19(15(2)22)24-13-16/h3-4,6,8,10,13,17H,5,7,9,11-12H2,1-2H3/t17-/m1/s1. The first-order valence-corrected chi connectivity index (χ1v) is 9.34. The fourth-order valence-corrected chi connectivity index (χ4v) is 4.26. The van der Waals surface area contributed by atoms with Crippen molar-refractivity contribution in [2.24, 2.45) is 0 Å². The molecule has 126 valence electrons. The number of likely N-dealkylation sites (tertiary alicyclic amines) is 1. The fourth-order valence-electron chi connectivity index (χ4n) is 3.44. The predicted molar refractivity (Wildman–Crippen MR) is 97.8 cm³/mol. The van der Waals surface area contributed by atoms with E-state index in [2.05, 4.69) is 31.2 Å². The number of piperidine rings is 1. The molecule has 0 aliphatic carbocycles. The molecule has 3 nitrogen and oxygen atoms in total. The molecule has 0 N–H and O–H groups in total. The third kappa shape index (κ3) is 3.75. The molecule has 1 saturated heterocycles. The minimum absolute atomic E-state index is 0.0660. The zero-order chi connectivity index (χ0) is 17.1. The van der Waals surface area contributed by atoms with Gasteiger partial charge in [0.1, 0.15) is 0 Å². The second-order valence-corrected chi connectivity index (χ2v) is 7.50. The average molecular weight is 341 g/mol. The van der Waals surface area contributed by atoms with E-state index in [1.165, 1.54) is 22.5 Å². The van der Waals surface area contributed by atoms with Crippen LogP contribution >= 0.6 is 11.3 Å². The zero-order valence-corrected chi connectivity index (χ0v) is 15.1. The van der Waals surface area contributed by atoms with Gasteiger partial charge in [-0.05, 0) is 54.8 Å². The quantitative estimate of drug-likeness (QED) is 0.781. The molecule has 1 atom stereocenters. The van der Waals surface area contributed by atoms with Crippen LogP contribution < -0.4 is 0 Å². The van der Waals surface area contributed by atoms with E-state index in [-0.39, 0.29) is 11.7 Å². The number of hydrogen-bond donors (Lipinski definition) is 0. The number of amides is 1. The number of Topliss-reactive ketones (excluding diaryl/α,β-unsaturated/α-hetero) is 1. The van der Waals surface area contributed by atoms with Crippen LogP contribution in [0.25, 0.3) is 0 Å². The van der Waals surface area contributed by atoms with Crippen LogP contribution in [0.2, 0.25) is 0 Å². The molecule has 24 heavy (non-hydrogen) atoms. The Balaban J connectivity index is 1.66. The van der Waals surface area contributed by atoms with Crippen molar-refractivity contribution in [3.63, 3.8) is 0 Å². The summed E-state index contributed by atoms with van der Waals surface area (Å²) in [6.45, 7) is 5.35. The summed E-state index contributed by atoms with van der Waals surface area (Å²) in [5, 5.41) is 1.93. The van der Waals surface area contributed by atoms with E-state index in [0.29, 0.717) is 12.3 Å². The van der Waals surface area contributed by atoms with Crippen molar-refractivity contribution < 1.29 is 9.59 Å². The second kappa shape index (κ2) is 7.31. The molecule has 1 fully saturated rings. The monoisotopic (exact) mass is 341 g/mol. The third-order valence-electron chi connectivity index (χ3n) is 4.76. The number of rotatable bonds is 4. The van der Waals surface area contributed by atoms with Crippen molar-refractivity contribution in [1.82, 2.24) is 4.90 Å². The average Bonchev–Trinajstić information content (AvgIpc) is 3.04. The maximum absolute atomic E-state index is 12.7. The Morgan fingerprint density at radius 1 is 1.29 bits per heavy atom. The smallest absolute Gasteiger partial charge is 0.227 e. The highest BCUT2D eigenvalue weighted by molar-refractivity contribution is 7.12. The van der Waals surface area contributed by atoms with Crippen LogP contribution in [0.3, 0.4) is 0 Å². The highest BCUT2D eigenvalue weighted by Crippen LogP contribution is 2.29. The first-order valence-electron chi connectivity index (χ1n) is 8.46. The Bertz CT molecular complexity index is 750. The minimum atomic E-state index is 0.0660. The molecule has 0 spiro atoms. The van der Waals surface area contributed by atoms with Gasteiger partial charge in [0.05, 0.1) is 11.3 Å². The minimum Gasteiger partial charge on any atom is -0.342 e. The Morgan fingerprint density at radius 2 is 2.08 bits per heavy atom. The molecular formula is C20H23NO2S. The van der Waals surface area contributed by atoms with Crippen LogP contribution in [-0.2, 0) is 11.2 Å². The number of ketones is 1. The van der Waals surface area contributed by atoms with E-state index in [0.717, 1.165) is 36.4 Å². The van der Waals surface area contributed by atoms with Crippen molar-refractivity contribution in [2.75, 3.05) is 13.1 Å². The molecule has 2 aromatic rings. The van der Waals surface area contributed by atoms with Crippen molar-refractivity contribution in [3.05, 3.63) is 57.3 Å². The van der Waals surface area contributed by atoms with Gasteiger partial charge in [-0.1, -0.05) is 24.3 Å². The SMILES string of the molecule is CC(=O)c1cc(CC(=O)N2CCC[C@@H](c3ccccc3C)C2)cs1. The number of thiophene rings is 1. The molecule has 1 aliphatic heterocycles. The Labute approximate surface area is 147 Å². The van der Waals surface area contributed by atoms with Crippen LogP contribution in [0.1, 0.15) is 52.0 Å². The topological polar surface area (TPSA) is 37.4 Å². The van der Waals surface area contributed by atoms with E-state index in [4.69, 9.17) is 0 Å².